The van der Waals surface area contributed by atoms with Crippen LogP contribution < -0.4 is 4.90 Å². The molecule has 0 spiro atoms. The molecule has 3 nitrogen and oxygen atoms in total. The van der Waals surface area contributed by atoms with Gasteiger partial charge in [-0.05, 0) is 30.7 Å². The average Bonchev–Trinajstić information content (AvgIpc) is 2.41. The fourth-order valence-corrected chi connectivity index (χ4v) is 1.93. The molecule has 1 amide bonds. The Labute approximate surface area is 99.0 Å². The third kappa shape index (κ3) is 2.42. The molecule has 1 aliphatic rings. The fraction of sp³-hybridized carbons (Fsp3) is 0.333. The highest BCUT2D eigenvalue weighted by atomic mass is 35.5. The van der Waals surface area contributed by atoms with Crippen molar-refractivity contribution in [3.63, 3.8) is 0 Å². The maximum absolute atomic E-state index is 11.8. The van der Waals surface area contributed by atoms with Gasteiger partial charge in [0.1, 0.15) is 5.78 Å². The van der Waals surface area contributed by atoms with E-state index in [1.54, 1.807) is 29.2 Å². The van der Waals surface area contributed by atoms with Crippen molar-refractivity contribution in [3.05, 3.63) is 29.3 Å². The third-order valence-corrected chi connectivity index (χ3v) is 2.88. The summed E-state index contributed by atoms with van der Waals surface area (Å²) in [7, 11) is 0. The van der Waals surface area contributed by atoms with Crippen molar-refractivity contribution in [2.45, 2.75) is 19.3 Å². The van der Waals surface area contributed by atoms with Crippen molar-refractivity contribution in [1.82, 2.24) is 0 Å². The number of hydrogen-bond donors (Lipinski definition) is 0. The molecule has 84 valence electrons. The molecule has 0 atom stereocenters. The maximum atomic E-state index is 11.8. The molecule has 0 radical (unpaired) electrons. The molecule has 0 N–H and O–H groups in total. The van der Waals surface area contributed by atoms with E-state index >= 15 is 0 Å². The highest BCUT2D eigenvalue weighted by Gasteiger charge is 2.22. The highest BCUT2D eigenvalue weighted by molar-refractivity contribution is 6.30. The smallest absolute Gasteiger partial charge is 0.234 e. The van der Waals surface area contributed by atoms with E-state index in [2.05, 4.69) is 0 Å². The van der Waals surface area contributed by atoms with Crippen molar-refractivity contribution in [3.8, 4) is 0 Å². The largest absolute Gasteiger partial charge is 0.312 e. The predicted octanol–water partition coefficient (Wildman–Crippen LogP) is 2.43. The number of benzene rings is 1. The number of halogens is 1. The van der Waals surface area contributed by atoms with Gasteiger partial charge in [-0.2, -0.15) is 0 Å². The number of carbonyl (C=O) groups is 2. The first-order valence-corrected chi connectivity index (χ1v) is 5.62. The van der Waals surface area contributed by atoms with Crippen LogP contribution in [0.4, 0.5) is 5.69 Å². The van der Waals surface area contributed by atoms with Crippen LogP contribution in [0.5, 0.6) is 0 Å². The van der Waals surface area contributed by atoms with Crippen molar-refractivity contribution >= 4 is 29.0 Å². The second kappa shape index (κ2) is 4.66. The summed E-state index contributed by atoms with van der Waals surface area (Å²) in [4.78, 5) is 24.7. The Kier molecular flexibility index (Phi) is 3.25. The number of carbonyl (C=O) groups excluding carboxylic acids is 2. The molecule has 1 aromatic rings. The molecule has 0 aromatic heterocycles. The number of anilines is 1. The van der Waals surface area contributed by atoms with Crippen LogP contribution in [0.2, 0.25) is 5.02 Å². The number of Topliss-reactive ketones (excluding diaryl/α,β-unsaturated/α-hetero) is 1. The number of amides is 1. The van der Waals surface area contributed by atoms with Crippen LogP contribution in [-0.4, -0.2) is 18.2 Å². The van der Waals surface area contributed by atoms with Crippen LogP contribution in [0.15, 0.2) is 24.3 Å². The lowest BCUT2D eigenvalue weighted by Gasteiger charge is -2.20. The van der Waals surface area contributed by atoms with Gasteiger partial charge < -0.3 is 4.90 Å². The van der Waals surface area contributed by atoms with Gasteiger partial charge in [0, 0.05) is 23.7 Å². The van der Waals surface area contributed by atoms with Gasteiger partial charge in [-0.1, -0.05) is 11.6 Å². The van der Waals surface area contributed by atoms with Gasteiger partial charge in [0.15, 0.2) is 0 Å². The molecule has 0 bridgehead atoms. The van der Waals surface area contributed by atoms with E-state index in [0.29, 0.717) is 18.0 Å². The first-order valence-electron chi connectivity index (χ1n) is 5.24. The fourth-order valence-electron chi connectivity index (χ4n) is 1.81. The molecule has 1 fully saturated rings. The minimum absolute atomic E-state index is 0.0165. The first kappa shape index (κ1) is 11.1. The molecular weight excluding hydrogens is 226 g/mol. The standard InChI is InChI=1S/C12H12ClNO2/c13-9-3-5-10(6-4-9)14-7-1-2-11(15)8-12(14)16/h3-6H,1-2,7-8H2. The van der Waals surface area contributed by atoms with Crippen LogP contribution >= 0.6 is 11.6 Å². The van der Waals surface area contributed by atoms with Crippen LogP contribution in [0.3, 0.4) is 0 Å². The summed E-state index contributed by atoms with van der Waals surface area (Å²) in [6, 6.07) is 7.10. The SMILES string of the molecule is O=C1CCCN(c2ccc(Cl)cc2)C(=O)C1. The zero-order chi connectivity index (χ0) is 11.5. The summed E-state index contributed by atoms with van der Waals surface area (Å²) < 4.78 is 0. The van der Waals surface area contributed by atoms with E-state index in [-0.39, 0.29) is 18.1 Å². The van der Waals surface area contributed by atoms with Crippen LogP contribution in [0.1, 0.15) is 19.3 Å². The Morgan fingerprint density at radius 1 is 1.12 bits per heavy atom. The zero-order valence-corrected chi connectivity index (χ0v) is 9.54. The molecule has 0 saturated carbocycles. The Morgan fingerprint density at radius 3 is 2.50 bits per heavy atom. The molecule has 2 rings (SSSR count). The molecule has 1 heterocycles. The van der Waals surface area contributed by atoms with E-state index < -0.39 is 0 Å². The van der Waals surface area contributed by atoms with Crippen LogP contribution in [0, 0.1) is 0 Å². The summed E-state index contributed by atoms with van der Waals surface area (Å²) in [5.74, 6) is -0.0914. The lowest BCUT2D eigenvalue weighted by atomic mass is 10.2. The van der Waals surface area contributed by atoms with Gasteiger partial charge in [-0.3, -0.25) is 9.59 Å². The highest BCUT2D eigenvalue weighted by Crippen LogP contribution is 2.21. The Balaban J connectivity index is 2.22. The van der Waals surface area contributed by atoms with Gasteiger partial charge in [-0.15, -0.1) is 0 Å². The summed E-state index contributed by atoms with van der Waals surface area (Å²) in [6.07, 6.45) is 1.24. The molecule has 0 aliphatic carbocycles. The van der Waals surface area contributed by atoms with E-state index in [1.165, 1.54) is 0 Å². The van der Waals surface area contributed by atoms with Gasteiger partial charge in [0.05, 0.1) is 6.42 Å². The Hall–Kier alpha value is -1.35. The molecule has 0 unspecified atom stereocenters. The number of rotatable bonds is 1. The van der Waals surface area contributed by atoms with Crippen molar-refractivity contribution in [2.75, 3.05) is 11.4 Å². The zero-order valence-electron chi connectivity index (χ0n) is 8.78. The minimum Gasteiger partial charge on any atom is -0.312 e. The summed E-state index contributed by atoms with van der Waals surface area (Å²) in [5, 5.41) is 0.641. The maximum Gasteiger partial charge on any atom is 0.234 e. The summed E-state index contributed by atoms with van der Waals surface area (Å²) in [6.45, 7) is 0.603. The topological polar surface area (TPSA) is 37.4 Å². The minimum atomic E-state index is -0.121. The van der Waals surface area contributed by atoms with Gasteiger partial charge in [0.25, 0.3) is 0 Å². The van der Waals surface area contributed by atoms with Crippen molar-refractivity contribution in [2.24, 2.45) is 0 Å². The summed E-state index contributed by atoms with van der Waals surface area (Å²) in [5.41, 5.74) is 0.809. The molecule has 1 aliphatic heterocycles. The molecule has 1 saturated heterocycles. The second-order valence-corrected chi connectivity index (χ2v) is 4.28. The van der Waals surface area contributed by atoms with E-state index in [4.69, 9.17) is 11.6 Å². The van der Waals surface area contributed by atoms with Gasteiger partial charge in [-0.25, -0.2) is 0 Å². The molecule has 16 heavy (non-hydrogen) atoms. The van der Waals surface area contributed by atoms with Crippen molar-refractivity contribution in [1.29, 1.82) is 0 Å². The Bertz CT molecular complexity index is 414. The molecular formula is C12H12ClNO2. The number of hydrogen-bond acceptors (Lipinski definition) is 2. The second-order valence-electron chi connectivity index (χ2n) is 3.84. The lowest BCUT2D eigenvalue weighted by Crippen LogP contribution is -2.30. The van der Waals surface area contributed by atoms with Crippen molar-refractivity contribution < 1.29 is 9.59 Å². The van der Waals surface area contributed by atoms with Gasteiger partial charge in [0.2, 0.25) is 5.91 Å². The van der Waals surface area contributed by atoms with E-state index in [9.17, 15) is 9.59 Å². The van der Waals surface area contributed by atoms with E-state index in [1.807, 2.05) is 0 Å². The monoisotopic (exact) mass is 237 g/mol. The third-order valence-electron chi connectivity index (χ3n) is 2.63. The Morgan fingerprint density at radius 2 is 1.81 bits per heavy atom. The first-order chi connectivity index (χ1) is 7.66. The normalized spacial score (nSPS) is 17.4. The molecule has 1 aromatic carbocycles. The quantitative estimate of drug-likeness (QED) is 0.704. The number of ketones is 1. The van der Waals surface area contributed by atoms with Crippen LogP contribution in [0.25, 0.3) is 0 Å². The number of nitrogens with zero attached hydrogens (tertiary/aromatic N) is 1. The summed E-state index contributed by atoms with van der Waals surface area (Å²) >= 11 is 5.78. The van der Waals surface area contributed by atoms with E-state index in [0.717, 1.165) is 12.1 Å². The predicted molar refractivity (Wildman–Crippen MR) is 62.7 cm³/mol. The van der Waals surface area contributed by atoms with Crippen LogP contribution in [-0.2, 0) is 9.59 Å². The molecule has 4 heteroatoms. The van der Waals surface area contributed by atoms with Gasteiger partial charge >= 0.3 is 0 Å². The lowest BCUT2D eigenvalue weighted by molar-refractivity contribution is -0.125. The average molecular weight is 238 g/mol.